The molecule has 0 unspecified atom stereocenters. The van der Waals surface area contributed by atoms with Crippen LogP contribution in [0.2, 0.25) is 5.28 Å². The van der Waals surface area contributed by atoms with Crippen molar-refractivity contribution in [3.05, 3.63) is 21.9 Å². The largest absolute Gasteiger partial charge is 0.354 e. The first-order valence-corrected chi connectivity index (χ1v) is 7.31. The van der Waals surface area contributed by atoms with Crippen LogP contribution >= 0.6 is 22.9 Å². The van der Waals surface area contributed by atoms with Gasteiger partial charge >= 0.3 is 0 Å². The molecule has 102 valence electrons. The normalized spacial score (nSPS) is 10.4. The van der Waals surface area contributed by atoms with Gasteiger partial charge in [0.05, 0.1) is 5.01 Å². The predicted octanol–water partition coefficient (Wildman–Crippen LogP) is 2.46. The minimum atomic E-state index is 0.186. The second-order valence-electron chi connectivity index (χ2n) is 3.78. The third-order valence-electron chi connectivity index (χ3n) is 2.25. The van der Waals surface area contributed by atoms with Crippen LogP contribution in [0.3, 0.4) is 0 Å². The highest BCUT2D eigenvalue weighted by Crippen LogP contribution is 2.10. The van der Waals surface area contributed by atoms with Crippen molar-refractivity contribution in [1.29, 1.82) is 0 Å². The zero-order valence-electron chi connectivity index (χ0n) is 10.6. The van der Waals surface area contributed by atoms with Gasteiger partial charge in [0.2, 0.25) is 17.2 Å². The zero-order chi connectivity index (χ0) is 13.5. The quantitative estimate of drug-likeness (QED) is 0.818. The number of thiazole rings is 1. The Bertz CT molecular complexity index is 504. The van der Waals surface area contributed by atoms with Gasteiger partial charge in [-0.2, -0.15) is 15.0 Å². The summed E-state index contributed by atoms with van der Waals surface area (Å²) in [6.07, 6.45) is 3.63. The Morgan fingerprint density at radius 3 is 2.53 bits per heavy atom. The highest BCUT2D eigenvalue weighted by molar-refractivity contribution is 7.09. The monoisotopic (exact) mass is 298 g/mol. The van der Waals surface area contributed by atoms with Gasteiger partial charge in [0.15, 0.2) is 0 Å². The smallest absolute Gasteiger partial charge is 0.228 e. The molecule has 2 aromatic rings. The van der Waals surface area contributed by atoms with Crippen molar-refractivity contribution in [2.75, 3.05) is 23.7 Å². The first-order chi connectivity index (χ1) is 9.28. The van der Waals surface area contributed by atoms with E-state index in [0.717, 1.165) is 24.4 Å². The summed E-state index contributed by atoms with van der Waals surface area (Å²) < 4.78 is 0. The van der Waals surface area contributed by atoms with Crippen LogP contribution in [0, 0.1) is 0 Å². The van der Waals surface area contributed by atoms with Crippen molar-refractivity contribution in [3.8, 4) is 0 Å². The molecule has 2 heterocycles. The van der Waals surface area contributed by atoms with Gasteiger partial charge in [0.25, 0.3) is 0 Å². The van der Waals surface area contributed by atoms with Gasteiger partial charge in [-0.25, -0.2) is 4.98 Å². The summed E-state index contributed by atoms with van der Waals surface area (Å²) >= 11 is 7.49. The van der Waals surface area contributed by atoms with E-state index in [0.29, 0.717) is 18.4 Å². The van der Waals surface area contributed by atoms with Crippen molar-refractivity contribution in [2.24, 2.45) is 0 Å². The molecular weight excluding hydrogens is 284 g/mol. The fraction of sp³-hybridized carbons (Fsp3) is 0.455. The molecule has 2 rings (SSSR count). The predicted molar refractivity (Wildman–Crippen MR) is 77.9 cm³/mol. The Labute approximate surface area is 120 Å². The van der Waals surface area contributed by atoms with E-state index in [2.05, 4.69) is 37.5 Å². The molecule has 8 heteroatoms. The molecule has 0 saturated carbocycles. The maximum absolute atomic E-state index is 5.85. The molecule has 19 heavy (non-hydrogen) atoms. The average Bonchev–Trinajstić information content (AvgIpc) is 2.89. The van der Waals surface area contributed by atoms with E-state index in [1.807, 2.05) is 5.38 Å². The highest BCUT2D eigenvalue weighted by Gasteiger charge is 2.04. The van der Waals surface area contributed by atoms with E-state index < -0.39 is 0 Å². The van der Waals surface area contributed by atoms with E-state index in [9.17, 15) is 0 Å². The molecule has 0 bridgehead atoms. The lowest BCUT2D eigenvalue weighted by molar-refractivity contribution is 0.923. The van der Waals surface area contributed by atoms with E-state index in [4.69, 9.17) is 11.6 Å². The lowest BCUT2D eigenvalue weighted by Crippen LogP contribution is -2.11. The zero-order valence-corrected chi connectivity index (χ0v) is 12.1. The first-order valence-electron chi connectivity index (χ1n) is 6.05. The van der Waals surface area contributed by atoms with Crippen molar-refractivity contribution in [1.82, 2.24) is 19.9 Å². The summed E-state index contributed by atoms with van der Waals surface area (Å²) in [5.74, 6) is 0.980. The maximum Gasteiger partial charge on any atom is 0.228 e. The topological polar surface area (TPSA) is 75.6 Å². The molecule has 0 aromatic carbocycles. The van der Waals surface area contributed by atoms with Crippen molar-refractivity contribution < 1.29 is 0 Å². The van der Waals surface area contributed by atoms with Crippen LogP contribution in [0.1, 0.15) is 18.4 Å². The van der Waals surface area contributed by atoms with Crippen LogP contribution in [0.25, 0.3) is 0 Å². The van der Waals surface area contributed by atoms with Gasteiger partial charge in [0.1, 0.15) is 0 Å². The summed E-state index contributed by atoms with van der Waals surface area (Å²) in [6, 6.07) is 0. The molecule has 0 amide bonds. The third-order valence-corrected chi connectivity index (χ3v) is 3.26. The number of nitrogens with one attached hydrogen (secondary N) is 2. The third kappa shape index (κ3) is 4.60. The summed E-state index contributed by atoms with van der Waals surface area (Å²) in [6.45, 7) is 3.59. The van der Waals surface area contributed by atoms with Crippen molar-refractivity contribution in [3.63, 3.8) is 0 Å². The number of aromatic nitrogens is 4. The minimum absolute atomic E-state index is 0.186. The number of hydrogen-bond donors (Lipinski definition) is 2. The van der Waals surface area contributed by atoms with Gasteiger partial charge < -0.3 is 10.6 Å². The van der Waals surface area contributed by atoms with Crippen molar-refractivity contribution in [2.45, 2.75) is 19.8 Å². The van der Waals surface area contributed by atoms with Gasteiger partial charge in [-0.1, -0.05) is 6.92 Å². The molecule has 0 fully saturated rings. The molecule has 0 aliphatic rings. The Kier molecular flexibility index (Phi) is 5.29. The fourth-order valence-electron chi connectivity index (χ4n) is 1.40. The molecule has 6 nitrogen and oxygen atoms in total. The molecule has 0 saturated heterocycles. The Balaban J connectivity index is 1.90. The number of rotatable bonds is 7. The second-order valence-corrected chi connectivity index (χ2v) is 5.10. The standard InChI is InChI=1S/C11H15ClN6S/c1-2-4-14-10-16-9(12)17-11(18-10)15-5-3-8-13-6-7-19-8/h6-7H,2-5H2,1H3,(H2,14,15,16,17,18). The van der Waals surface area contributed by atoms with Crippen LogP contribution in [-0.4, -0.2) is 33.0 Å². The molecule has 0 atom stereocenters. The lowest BCUT2D eigenvalue weighted by atomic mass is 10.4. The SMILES string of the molecule is CCCNc1nc(Cl)nc(NCCc2nccs2)n1. The Hall–Kier alpha value is -1.47. The van der Waals surface area contributed by atoms with Gasteiger partial charge in [-0.3, -0.25) is 0 Å². The van der Waals surface area contributed by atoms with E-state index >= 15 is 0 Å². The highest BCUT2D eigenvalue weighted by atomic mass is 35.5. The average molecular weight is 299 g/mol. The molecular formula is C11H15ClN6S. The van der Waals surface area contributed by atoms with E-state index in [-0.39, 0.29) is 5.28 Å². The van der Waals surface area contributed by atoms with Crippen LogP contribution in [0.5, 0.6) is 0 Å². The number of anilines is 2. The molecule has 0 aliphatic carbocycles. The fourth-order valence-corrected chi connectivity index (χ4v) is 2.18. The summed E-state index contributed by atoms with van der Waals surface area (Å²) in [5.41, 5.74) is 0. The Morgan fingerprint density at radius 1 is 1.16 bits per heavy atom. The maximum atomic E-state index is 5.85. The van der Waals surface area contributed by atoms with Crippen molar-refractivity contribution >= 4 is 34.8 Å². The van der Waals surface area contributed by atoms with E-state index in [1.54, 1.807) is 17.5 Å². The minimum Gasteiger partial charge on any atom is -0.354 e. The lowest BCUT2D eigenvalue weighted by Gasteiger charge is -2.07. The second kappa shape index (κ2) is 7.20. The van der Waals surface area contributed by atoms with Gasteiger partial charge in [0, 0.05) is 31.1 Å². The molecule has 0 spiro atoms. The van der Waals surface area contributed by atoms with Gasteiger partial charge in [-0.15, -0.1) is 11.3 Å². The summed E-state index contributed by atoms with van der Waals surface area (Å²) in [4.78, 5) is 16.5. The Morgan fingerprint density at radius 2 is 1.89 bits per heavy atom. The number of halogens is 1. The molecule has 2 N–H and O–H groups in total. The van der Waals surface area contributed by atoms with Crippen LogP contribution in [0.4, 0.5) is 11.9 Å². The summed E-state index contributed by atoms with van der Waals surface area (Å²) in [5, 5.41) is 9.43. The van der Waals surface area contributed by atoms with E-state index in [1.165, 1.54) is 0 Å². The molecule has 0 aliphatic heterocycles. The molecule has 0 radical (unpaired) electrons. The van der Waals surface area contributed by atoms with Crippen LogP contribution in [-0.2, 0) is 6.42 Å². The first kappa shape index (κ1) is 14.0. The van der Waals surface area contributed by atoms with Crippen LogP contribution in [0.15, 0.2) is 11.6 Å². The van der Waals surface area contributed by atoms with Gasteiger partial charge in [-0.05, 0) is 18.0 Å². The number of nitrogens with zero attached hydrogens (tertiary/aromatic N) is 4. The summed E-state index contributed by atoms with van der Waals surface area (Å²) in [7, 11) is 0. The number of hydrogen-bond acceptors (Lipinski definition) is 7. The molecule has 2 aromatic heterocycles. The van der Waals surface area contributed by atoms with Crippen LogP contribution < -0.4 is 10.6 Å².